The van der Waals surface area contributed by atoms with Gasteiger partial charge in [0.2, 0.25) is 10.0 Å². The monoisotopic (exact) mass is 325 g/mol. The Labute approximate surface area is 127 Å². The van der Waals surface area contributed by atoms with Gasteiger partial charge in [0.15, 0.2) is 0 Å². The molecule has 2 aromatic rings. The normalized spacial score (nSPS) is 13.0. The summed E-state index contributed by atoms with van der Waals surface area (Å²) in [6.07, 6.45) is 0.534. The Bertz CT molecular complexity index is 722. The van der Waals surface area contributed by atoms with Crippen molar-refractivity contribution in [1.82, 2.24) is 4.72 Å². The summed E-state index contributed by atoms with van der Waals surface area (Å²) in [5.41, 5.74) is 1.01. The third-order valence-corrected chi connectivity index (χ3v) is 5.52. The maximum Gasteiger partial charge on any atom is 0.347 e. The van der Waals surface area contributed by atoms with E-state index in [1.807, 2.05) is 30.3 Å². The number of sulfonamides is 1. The Morgan fingerprint density at radius 2 is 1.95 bits per heavy atom. The highest BCUT2D eigenvalue weighted by Gasteiger charge is 2.25. The molecule has 2 rings (SSSR count). The number of hydrogen-bond donors (Lipinski definition) is 2. The molecule has 0 radical (unpaired) electrons. The second kappa shape index (κ2) is 6.38. The van der Waals surface area contributed by atoms with E-state index in [-0.39, 0.29) is 15.8 Å². The van der Waals surface area contributed by atoms with Gasteiger partial charge in [-0.25, -0.2) is 17.9 Å². The predicted octanol–water partition coefficient (Wildman–Crippen LogP) is 2.36. The highest BCUT2D eigenvalue weighted by Crippen LogP contribution is 2.22. The number of carboxylic acids is 1. The SMILES string of the molecule is CC(Cc1ccccc1)NS(=O)(=O)c1ccsc1C(=O)O. The molecule has 0 spiro atoms. The van der Waals surface area contributed by atoms with E-state index in [1.165, 1.54) is 11.4 Å². The Hall–Kier alpha value is -1.70. The summed E-state index contributed by atoms with van der Waals surface area (Å²) in [4.78, 5) is 10.7. The van der Waals surface area contributed by atoms with Gasteiger partial charge in [0.1, 0.15) is 9.77 Å². The number of benzene rings is 1. The Kier molecular flexibility index (Phi) is 4.76. The average Bonchev–Trinajstić information content (AvgIpc) is 2.89. The van der Waals surface area contributed by atoms with Gasteiger partial charge in [0, 0.05) is 6.04 Å². The van der Waals surface area contributed by atoms with E-state index in [9.17, 15) is 13.2 Å². The van der Waals surface area contributed by atoms with Crippen LogP contribution >= 0.6 is 11.3 Å². The van der Waals surface area contributed by atoms with Crippen molar-refractivity contribution >= 4 is 27.3 Å². The van der Waals surface area contributed by atoms with Crippen LogP contribution in [0.5, 0.6) is 0 Å². The zero-order chi connectivity index (χ0) is 15.5. The van der Waals surface area contributed by atoms with Gasteiger partial charge >= 0.3 is 5.97 Å². The van der Waals surface area contributed by atoms with Gasteiger partial charge in [-0.15, -0.1) is 11.3 Å². The highest BCUT2D eigenvalue weighted by molar-refractivity contribution is 7.89. The standard InChI is InChI=1S/C14H15NO4S2/c1-10(9-11-5-3-2-4-6-11)15-21(18,19)12-7-8-20-13(12)14(16)17/h2-8,10,15H,9H2,1H3,(H,16,17). The first-order valence-electron chi connectivity index (χ1n) is 6.27. The number of aromatic carboxylic acids is 1. The third-order valence-electron chi connectivity index (χ3n) is 2.85. The molecule has 5 nitrogen and oxygen atoms in total. The predicted molar refractivity (Wildman–Crippen MR) is 81.2 cm³/mol. The van der Waals surface area contributed by atoms with Crippen molar-refractivity contribution in [1.29, 1.82) is 0 Å². The van der Waals surface area contributed by atoms with Crippen LogP contribution in [-0.2, 0) is 16.4 Å². The van der Waals surface area contributed by atoms with Crippen molar-refractivity contribution in [3.8, 4) is 0 Å². The smallest absolute Gasteiger partial charge is 0.347 e. The lowest BCUT2D eigenvalue weighted by Crippen LogP contribution is -2.34. The number of carbonyl (C=O) groups is 1. The number of carboxylic acid groups (broad SMARTS) is 1. The lowest BCUT2D eigenvalue weighted by Gasteiger charge is -2.14. The molecule has 0 saturated carbocycles. The minimum absolute atomic E-state index is 0.172. The van der Waals surface area contributed by atoms with Crippen molar-refractivity contribution in [2.24, 2.45) is 0 Å². The van der Waals surface area contributed by atoms with Crippen molar-refractivity contribution in [3.63, 3.8) is 0 Å². The molecule has 1 aromatic carbocycles. The second-order valence-electron chi connectivity index (χ2n) is 4.63. The van der Waals surface area contributed by atoms with Crippen LogP contribution in [0.4, 0.5) is 0 Å². The summed E-state index contributed by atoms with van der Waals surface area (Å²) in [5.74, 6) is -1.24. The summed E-state index contributed by atoms with van der Waals surface area (Å²) in [7, 11) is -3.83. The number of hydrogen-bond acceptors (Lipinski definition) is 4. The Morgan fingerprint density at radius 3 is 2.57 bits per heavy atom. The van der Waals surface area contributed by atoms with Crippen LogP contribution in [-0.4, -0.2) is 25.5 Å². The molecule has 1 heterocycles. The third kappa shape index (κ3) is 3.90. The minimum Gasteiger partial charge on any atom is -0.477 e. The van der Waals surface area contributed by atoms with E-state index in [4.69, 9.17) is 5.11 Å². The maximum absolute atomic E-state index is 12.3. The average molecular weight is 325 g/mol. The molecule has 0 aliphatic heterocycles. The number of thiophene rings is 1. The van der Waals surface area contributed by atoms with Crippen LogP contribution in [0.2, 0.25) is 0 Å². The molecule has 1 unspecified atom stereocenters. The van der Waals surface area contributed by atoms with Crippen molar-refractivity contribution in [2.45, 2.75) is 24.3 Å². The minimum atomic E-state index is -3.83. The van der Waals surface area contributed by atoms with Crippen LogP contribution < -0.4 is 4.72 Å². The molecule has 0 amide bonds. The van der Waals surface area contributed by atoms with E-state index >= 15 is 0 Å². The summed E-state index contributed by atoms with van der Waals surface area (Å²) >= 11 is 0.897. The topological polar surface area (TPSA) is 83.5 Å². The van der Waals surface area contributed by atoms with E-state index in [0.29, 0.717) is 6.42 Å². The van der Waals surface area contributed by atoms with Crippen LogP contribution in [0.15, 0.2) is 46.7 Å². The van der Waals surface area contributed by atoms with E-state index in [2.05, 4.69) is 4.72 Å². The lowest BCUT2D eigenvalue weighted by molar-refractivity contribution is 0.0698. The van der Waals surface area contributed by atoms with Crippen molar-refractivity contribution in [3.05, 3.63) is 52.2 Å². The molecule has 0 aliphatic carbocycles. The van der Waals surface area contributed by atoms with E-state index in [1.54, 1.807) is 6.92 Å². The van der Waals surface area contributed by atoms with Gasteiger partial charge in [0.25, 0.3) is 0 Å². The summed E-state index contributed by atoms with van der Waals surface area (Å²) in [6, 6.07) is 10.5. The summed E-state index contributed by atoms with van der Waals surface area (Å²) in [5, 5.41) is 10.5. The van der Waals surface area contributed by atoms with Crippen molar-refractivity contribution in [2.75, 3.05) is 0 Å². The summed E-state index contributed by atoms with van der Waals surface area (Å²) in [6.45, 7) is 1.75. The van der Waals surface area contributed by atoms with Crippen LogP contribution in [0, 0.1) is 0 Å². The van der Waals surface area contributed by atoms with E-state index < -0.39 is 16.0 Å². The zero-order valence-corrected chi connectivity index (χ0v) is 12.9. The Morgan fingerprint density at radius 1 is 1.29 bits per heavy atom. The quantitative estimate of drug-likeness (QED) is 0.854. The number of rotatable bonds is 6. The van der Waals surface area contributed by atoms with Crippen LogP contribution in [0.25, 0.3) is 0 Å². The van der Waals surface area contributed by atoms with E-state index in [0.717, 1.165) is 16.9 Å². The fraction of sp³-hybridized carbons (Fsp3) is 0.214. The van der Waals surface area contributed by atoms with Gasteiger partial charge < -0.3 is 5.11 Å². The largest absolute Gasteiger partial charge is 0.477 e. The second-order valence-corrected chi connectivity index (χ2v) is 7.23. The van der Waals surface area contributed by atoms with Gasteiger partial charge in [-0.2, -0.15) is 0 Å². The van der Waals surface area contributed by atoms with Gasteiger partial charge in [-0.05, 0) is 30.4 Å². The fourth-order valence-corrected chi connectivity index (χ4v) is 4.51. The molecule has 1 atom stereocenters. The molecule has 0 aliphatic rings. The highest BCUT2D eigenvalue weighted by atomic mass is 32.2. The van der Waals surface area contributed by atoms with Crippen LogP contribution in [0.1, 0.15) is 22.2 Å². The first-order valence-corrected chi connectivity index (χ1v) is 8.63. The molecule has 21 heavy (non-hydrogen) atoms. The van der Waals surface area contributed by atoms with Gasteiger partial charge in [0.05, 0.1) is 0 Å². The fourth-order valence-electron chi connectivity index (χ4n) is 2.00. The zero-order valence-electron chi connectivity index (χ0n) is 11.3. The molecule has 1 aromatic heterocycles. The molecule has 112 valence electrons. The molecule has 7 heteroatoms. The molecular weight excluding hydrogens is 310 g/mol. The molecule has 2 N–H and O–H groups in total. The van der Waals surface area contributed by atoms with Gasteiger partial charge in [-0.3, -0.25) is 0 Å². The first-order chi connectivity index (χ1) is 9.90. The Balaban J connectivity index is 2.14. The lowest BCUT2D eigenvalue weighted by atomic mass is 10.1. The summed E-state index contributed by atoms with van der Waals surface area (Å²) < 4.78 is 27.0. The molecule has 0 fully saturated rings. The van der Waals surface area contributed by atoms with Gasteiger partial charge in [-0.1, -0.05) is 30.3 Å². The maximum atomic E-state index is 12.3. The molecular formula is C14H15NO4S2. The number of nitrogens with one attached hydrogen (secondary N) is 1. The first kappa shape index (κ1) is 15.7. The van der Waals surface area contributed by atoms with Crippen LogP contribution in [0.3, 0.4) is 0 Å². The molecule has 0 saturated heterocycles. The molecule has 0 bridgehead atoms. The van der Waals surface area contributed by atoms with Crippen molar-refractivity contribution < 1.29 is 18.3 Å².